The molecule has 0 unspecified atom stereocenters. The van der Waals surface area contributed by atoms with Crippen molar-refractivity contribution in [2.24, 2.45) is 0 Å². The molecule has 1 aromatic heterocycles. The molecule has 3 heterocycles. The van der Waals surface area contributed by atoms with Crippen molar-refractivity contribution in [3.05, 3.63) is 46.2 Å². The maximum atomic E-state index is 13.0. The van der Waals surface area contributed by atoms with Crippen molar-refractivity contribution in [1.29, 1.82) is 0 Å². The maximum Gasteiger partial charge on any atom is 0.265 e. The van der Waals surface area contributed by atoms with Gasteiger partial charge < -0.3 is 20.3 Å². The van der Waals surface area contributed by atoms with Gasteiger partial charge in [-0.2, -0.15) is 0 Å². The lowest BCUT2D eigenvalue weighted by Crippen LogP contribution is -2.41. The minimum atomic E-state index is -0.155. The number of carbonyl (C=O) groups excluding carboxylic acids is 2. The van der Waals surface area contributed by atoms with Gasteiger partial charge in [0.2, 0.25) is 0 Å². The van der Waals surface area contributed by atoms with Crippen LogP contribution in [0, 0.1) is 0 Å². The predicted octanol–water partition coefficient (Wildman–Crippen LogP) is 2.66. The summed E-state index contributed by atoms with van der Waals surface area (Å²) in [5, 5.41) is 7.85. The molecule has 4 rings (SSSR count). The van der Waals surface area contributed by atoms with Gasteiger partial charge in [-0.15, -0.1) is 11.3 Å². The molecule has 0 radical (unpaired) electrons. The summed E-state index contributed by atoms with van der Waals surface area (Å²) in [7, 11) is 0. The highest BCUT2D eigenvalue weighted by Crippen LogP contribution is 2.28. The fourth-order valence-electron chi connectivity index (χ4n) is 3.88. The van der Waals surface area contributed by atoms with E-state index in [1.54, 1.807) is 12.1 Å². The first-order valence-corrected chi connectivity index (χ1v) is 11.4. The molecule has 0 spiro atoms. The Morgan fingerprint density at radius 3 is 2.57 bits per heavy atom. The smallest absolute Gasteiger partial charge is 0.265 e. The molecule has 2 saturated heterocycles. The number of nitrogens with zero attached hydrogens (tertiary/aromatic N) is 2. The Labute approximate surface area is 181 Å². The average molecular weight is 429 g/mol. The van der Waals surface area contributed by atoms with Crippen LogP contribution in [0.4, 0.5) is 11.4 Å². The molecule has 0 saturated carbocycles. The zero-order valence-electron chi connectivity index (χ0n) is 17.1. The van der Waals surface area contributed by atoms with Crippen molar-refractivity contribution in [3.8, 4) is 0 Å². The van der Waals surface area contributed by atoms with Crippen molar-refractivity contribution in [3.63, 3.8) is 0 Å². The minimum Gasteiger partial charge on any atom is -0.379 e. The number of benzene rings is 1. The van der Waals surface area contributed by atoms with Gasteiger partial charge in [-0.05, 0) is 42.5 Å². The molecule has 30 heavy (non-hydrogen) atoms. The summed E-state index contributed by atoms with van der Waals surface area (Å²) < 4.78 is 5.37. The second kappa shape index (κ2) is 10.1. The van der Waals surface area contributed by atoms with E-state index in [1.807, 2.05) is 23.6 Å². The Morgan fingerprint density at radius 1 is 1.03 bits per heavy atom. The van der Waals surface area contributed by atoms with Crippen LogP contribution >= 0.6 is 11.3 Å². The zero-order valence-corrected chi connectivity index (χ0v) is 17.9. The maximum absolute atomic E-state index is 13.0. The van der Waals surface area contributed by atoms with Crippen LogP contribution < -0.4 is 15.5 Å². The van der Waals surface area contributed by atoms with Crippen LogP contribution in [0.25, 0.3) is 0 Å². The Morgan fingerprint density at radius 2 is 1.83 bits per heavy atom. The molecular formula is C22H28N4O3S. The summed E-state index contributed by atoms with van der Waals surface area (Å²) >= 11 is 1.40. The largest absolute Gasteiger partial charge is 0.379 e. The third-order valence-electron chi connectivity index (χ3n) is 5.51. The SMILES string of the molecule is O=C(Nc1ccc(N2CCCC2)c(C(=O)NCCN2CCOCC2)c1)c1cccs1. The highest BCUT2D eigenvalue weighted by atomic mass is 32.1. The fourth-order valence-corrected chi connectivity index (χ4v) is 4.50. The van der Waals surface area contributed by atoms with E-state index in [-0.39, 0.29) is 11.8 Å². The molecule has 8 heteroatoms. The van der Waals surface area contributed by atoms with E-state index in [2.05, 4.69) is 20.4 Å². The van der Waals surface area contributed by atoms with E-state index in [9.17, 15) is 9.59 Å². The number of hydrogen-bond donors (Lipinski definition) is 2. The molecule has 2 aliphatic rings. The van der Waals surface area contributed by atoms with E-state index in [4.69, 9.17) is 4.74 Å². The molecule has 2 N–H and O–H groups in total. The predicted molar refractivity (Wildman–Crippen MR) is 120 cm³/mol. The Bertz CT molecular complexity index is 859. The van der Waals surface area contributed by atoms with E-state index in [0.717, 1.165) is 64.5 Å². The van der Waals surface area contributed by atoms with Crippen molar-refractivity contribution in [2.75, 3.05) is 62.7 Å². The van der Waals surface area contributed by atoms with Gasteiger partial charge in [-0.25, -0.2) is 0 Å². The first-order chi connectivity index (χ1) is 14.7. The lowest BCUT2D eigenvalue weighted by Gasteiger charge is -2.26. The van der Waals surface area contributed by atoms with Crippen molar-refractivity contribution in [2.45, 2.75) is 12.8 Å². The first kappa shape index (κ1) is 20.8. The molecule has 2 fully saturated rings. The molecule has 0 aliphatic carbocycles. The number of anilines is 2. The number of amides is 2. The lowest BCUT2D eigenvalue weighted by atomic mass is 10.1. The summed E-state index contributed by atoms with van der Waals surface area (Å²) in [6.45, 7) is 6.60. The van der Waals surface area contributed by atoms with Gasteiger partial charge in [0.05, 0.1) is 23.7 Å². The second-order valence-corrected chi connectivity index (χ2v) is 8.52. The molecule has 2 aromatic rings. The van der Waals surface area contributed by atoms with Gasteiger partial charge in [0, 0.05) is 50.6 Å². The van der Waals surface area contributed by atoms with Gasteiger partial charge >= 0.3 is 0 Å². The van der Waals surface area contributed by atoms with Gasteiger partial charge in [-0.1, -0.05) is 6.07 Å². The molecule has 160 valence electrons. The second-order valence-electron chi connectivity index (χ2n) is 7.57. The van der Waals surface area contributed by atoms with Crippen LogP contribution in [0.15, 0.2) is 35.7 Å². The standard InChI is InChI=1S/C22H28N4O3S/c27-21(23-7-10-25-11-13-29-14-12-25)18-16-17(24-22(28)20-4-3-15-30-20)5-6-19(18)26-8-1-2-9-26/h3-6,15-16H,1-2,7-14H2,(H,23,27)(H,24,28). The summed E-state index contributed by atoms with van der Waals surface area (Å²) in [5.74, 6) is -0.255. The van der Waals surface area contributed by atoms with E-state index < -0.39 is 0 Å². The molecule has 2 amide bonds. The van der Waals surface area contributed by atoms with Crippen molar-refractivity contribution >= 4 is 34.5 Å². The van der Waals surface area contributed by atoms with E-state index in [0.29, 0.717) is 22.7 Å². The molecule has 0 bridgehead atoms. The third kappa shape index (κ3) is 5.19. The van der Waals surface area contributed by atoms with Crippen LogP contribution in [-0.4, -0.2) is 69.2 Å². The number of morpholine rings is 1. The normalized spacial score (nSPS) is 17.1. The summed E-state index contributed by atoms with van der Waals surface area (Å²) in [6.07, 6.45) is 2.27. The molecule has 7 nitrogen and oxygen atoms in total. The number of hydrogen-bond acceptors (Lipinski definition) is 6. The van der Waals surface area contributed by atoms with Gasteiger partial charge in [-0.3, -0.25) is 14.5 Å². The summed E-state index contributed by atoms with van der Waals surface area (Å²) in [4.78, 5) is 30.7. The van der Waals surface area contributed by atoms with Gasteiger partial charge in [0.25, 0.3) is 11.8 Å². The monoisotopic (exact) mass is 428 g/mol. The summed E-state index contributed by atoms with van der Waals surface area (Å²) in [5.41, 5.74) is 2.18. The number of ether oxygens (including phenoxy) is 1. The zero-order chi connectivity index (χ0) is 20.8. The number of nitrogens with one attached hydrogen (secondary N) is 2. The van der Waals surface area contributed by atoms with E-state index in [1.165, 1.54) is 11.3 Å². The van der Waals surface area contributed by atoms with Crippen LogP contribution in [0.3, 0.4) is 0 Å². The Hall–Kier alpha value is -2.42. The fraction of sp³-hybridized carbons (Fsp3) is 0.455. The number of rotatable bonds is 7. The lowest BCUT2D eigenvalue weighted by molar-refractivity contribution is 0.0383. The van der Waals surface area contributed by atoms with Crippen molar-refractivity contribution < 1.29 is 14.3 Å². The topological polar surface area (TPSA) is 73.9 Å². The minimum absolute atomic E-state index is 0.0996. The molecule has 0 atom stereocenters. The quantitative estimate of drug-likeness (QED) is 0.709. The average Bonchev–Trinajstić information content (AvgIpc) is 3.49. The first-order valence-electron chi connectivity index (χ1n) is 10.5. The Kier molecular flexibility index (Phi) is 6.99. The van der Waals surface area contributed by atoms with Crippen molar-refractivity contribution in [1.82, 2.24) is 10.2 Å². The van der Waals surface area contributed by atoms with Crippen LogP contribution in [0.1, 0.15) is 32.9 Å². The number of carbonyl (C=O) groups is 2. The molecule has 2 aliphatic heterocycles. The van der Waals surface area contributed by atoms with Gasteiger partial charge in [0.15, 0.2) is 0 Å². The highest BCUT2D eigenvalue weighted by molar-refractivity contribution is 7.12. The highest BCUT2D eigenvalue weighted by Gasteiger charge is 2.21. The Balaban J connectivity index is 1.46. The van der Waals surface area contributed by atoms with Crippen LogP contribution in [-0.2, 0) is 4.74 Å². The van der Waals surface area contributed by atoms with Crippen LogP contribution in [0.2, 0.25) is 0 Å². The van der Waals surface area contributed by atoms with Crippen LogP contribution in [0.5, 0.6) is 0 Å². The third-order valence-corrected chi connectivity index (χ3v) is 6.38. The molecule has 1 aromatic carbocycles. The molecular weight excluding hydrogens is 400 g/mol. The van der Waals surface area contributed by atoms with E-state index >= 15 is 0 Å². The van der Waals surface area contributed by atoms with Gasteiger partial charge in [0.1, 0.15) is 0 Å². The summed E-state index contributed by atoms with van der Waals surface area (Å²) in [6, 6.07) is 9.26. The number of thiophene rings is 1.